The van der Waals surface area contributed by atoms with Gasteiger partial charge in [-0.25, -0.2) is 4.79 Å². The Bertz CT molecular complexity index is 1060. The fraction of sp³-hybridized carbons (Fsp3) is 0.238. The second kappa shape index (κ2) is 10.1. The fourth-order valence-corrected chi connectivity index (χ4v) is 2.59. The Labute approximate surface area is 178 Å². The Hall–Kier alpha value is -4.08. The Morgan fingerprint density at radius 2 is 1.74 bits per heavy atom. The maximum absolute atomic E-state index is 12.2. The Morgan fingerprint density at radius 3 is 2.39 bits per heavy atom. The van der Waals surface area contributed by atoms with Crippen LogP contribution in [0.1, 0.15) is 24.2 Å². The van der Waals surface area contributed by atoms with Crippen LogP contribution in [0.25, 0.3) is 11.4 Å². The molecule has 3 aromatic rings. The number of carbonyl (C=O) groups is 3. The zero-order valence-corrected chi connectivity index (χ0v) is 17.1. The molecule has 0 radical (unpaired) electrons. The zero-order valence-electron chi connectivity index (χ0n) is 17.1. The molecule has 0 aliphatic heterocycles. The molecule has 1 N–H and O–H groups in total. The highest BCUT2D eigenvalue weighted by molar-refractivity contribution is 5.95. The van der Waals surface area contributed by atoms with Crippen molar-refractivity contribution in [3.05, 3.63) is 54.1 Å². The van der Waals surface area contributed by atoms with Crippen molar-refractivity contribution in [2.24, 2.45) is 0 Å². The van der Waals surface area contributed by atoms with E-state index in [0.717, 1.165) is 0 Å². The Kier molecular flexibility index (Phi) is 7.05. The monoisotopic (exact) mass is 423 g/mol. The summed E-state index contributed by atoms with van der Waals surface area (Å²) in [6, 6.07) is 13.4. The number of amides is 1. The number of tetrazole rings is 1. The zero-order chi connectivity index (χ0) is 22.2. The van der Waals surface area contributed by atoms with Crippen LogP contribution in [0.15, 0.2) is 48.5 Å². The first kappa shape index (κ1) is 21.6. The predicted octanol–water partition coefficient (Wildman–Crippen LogP) is 2.12. The second-order valence-corrected chi connectivity index (χ2v) is 6.44. The molecule has 1 amide bonds. The van der Waals surface area contributed by atoms with Gasteiger partial charge in [-0.2, -0.15) is 4.80 Å². The van der Waals surface area contributed by atoms with Gasteiger partial charge in [0.15, 0.2) is 12.4 Å². The van der Waals surface area contributed by atoms with E-state index in [9.17, 15) is 14.4 Å². The van der Waals surface area contributed by atoms with E-state index in [1.54, 1.807) is 55.5 Å². The van der Waals surface area contributed by atoms with Gasteiger partial charge in [0.25, 0.3) is 0 Å². The smallest absolute Gasteiger partial charge is 0.344 e. The Balaban J connectivity index is 1.55. The van der Waals surface area contributed by atoms with Crippen LogP contribution >= 0.6 is 0 Å². The summed E-state index contributed by atoms with van der Waals surface area (Å²) in [7, 11) is 0. The van der Waals surface area contributed by atoms with Crippen LogP contribution in [0.3, 0.4) is 0 Å². The SMILES string of the molecule is CCOC(=O)COc1ccc(-c2nnn(CC(=O)Nc3ccc(C(C)=O)cc3)n2)cc1. The van der Waals surface area contributed by atoms with Gasteiger partial charge in [0.1, 0.15) is 12.3 Å². The normalized spacial score (nSPS) is 10.4. The van der Waals surface area contributed by atoms with E-state index in [1.807, 2.05) is 0 Å². The van der Waals surface area contributed by atoms with Gasteiger partial charge in [0.05, 0.1) is 6.61 Å². The average molecular weight is 423 g/mol. The number of benzene rings is 2. The lowest BCUT2D eigenvalue weighted by Gasteiger charge is -2.06. The topological polar surface area (TPSA) is 125 Å². The van der Waals surface area contributed by atoms with Crippen LogP contribution in [-0.4, -0.2) is 51.1 Å². The molecule has 0 aliphatic carbocycles. The number of anilines is 1. The van der Waals surface area contributed by atoms with Crippen molar-refractivity contribution in [1.29, 1.82) is 0 Å². The molecule has 0 atom stereocenters. The molecule has 31 heavy (non-hydrogen) atoms. The van der Waals surface area contributed by atoms with Crippen LogP contribution in [0.2, 0.25) is 0 Å². The predicted molar refractivity (Wildman–Crippen MR) is 110 cm³/mol. The molecule has 0 spiro atoms. The molecular formula is C21H21N5O5. The van der Waals surface area contributed by atoms with E-state index in [4.69, 9.17) is 9.47 Å². The molecule has 160 valence electrons. The number of aromatic nitrogens is 4. The van der Waals surface area contributed by atoms with Crippen molar-refractivity contribution in [3.63, 3.8) is 0 Å². The number of ketones is 1. The van der Waals surface area contributed by atoms with Gasteiger partial charge in [0, 0.05) is 16.8 Å². The minimum atomic E-state index is -0.441. The molecule has 0 unspecified atom stereocenters. The summed E-state index contributed by atoms with van der Waals surface area (Å²) >= 11 is 0. The molecule has 2 aromatic carbocycles. The highest BCUT2D eigenvalue weighted by atomic mass is 16.6. The van der Waals surface area contributed by atoms with Gasteiger partial charge in [-0.05, 0) is 67.6 Å². The van der Waals surface area contributed by atoms with Crippen LogP contribution in [-0.2, 0) is 20.9 Å². The fourth-order valence-electron chi connectivity index (χ4n) is 2.59. The number of carbonyl (C=O) groups excluding carboxylic acids is 3. The van der Waals surface area contributed by atoms with E-state index in [0.29, 0.717) is 35.0 Å². The molecule has 0 saturated heterocycles. The summed E-state index contributed by atoms with van der Waals surface area (Å²) in [5.41, 5.74) is 1.81. The summed E-state index contributed by atoms with van der Waals surface area (Å²) in [6.07, 6.45) is 0. The molecule has 10 heteroatoms. The summed E-state index contributed by atoms with van der Waals surface area (Å²) in [5.74, 6) is 0.0252. The molecule has 0 saturated carbocycles. The summed E-state index contributed by atoms with van der Waals surface area (Å²) in [4.78, 5) is 36.0. The third-order valence-electron chi connectivity index (χ3n) is 4.09. The number of nitrogens with one attached hydrogen (secondary N) is 1. The molecule has 0 bridgehead atoms. The van der Waals surface area contributed by atoms with Crippen LogP contribution in [0.5, 0.6) is 5.75 Å². The average Bonchev–Trinajstić information content (AvgIpc) is 3.21. The first-order chi connectivity index (χ1) is 14.9. The number of nitrogens with zero attached hydrogens (tertiary/aromatic N) is 4. The standard InChI is InChI=1S/C21H21N5O5/c1-3-30-20(29)13-31-18-10-6-16(7-11-18)21-23-25-26(24-21)12-19(28)22-17-8-4-15(5-9-17)14(2)27/h4-11H,3,12-13H2,1-2H3,(H,22,28). The van der Waals surface area contributed by atoms with Crippen molar-refractivity contribution >= 4 is 23.3 Å². The van der Waals surface area contributed by atoms with Gasteiger partial charge in [-0.1, -0.05) is 0 Å². The largest absolute Gasteiger partial charge is 0.482 e. The van der Waals surface area contributed by atoms with Gasteiger partial charge in [-0.3, -0.25) is 9.59 Å². The van der Waals surface area contributed by atoms with Gasteiger partial charge < -0.3 is 14.8 Å². The van der Waals surface area contributed by atoms with Gasteiger partial charge >= 0.3 is 5.97 Å². The molecule has 0 aliphatic rings. The summed E-state index contributed by atoms with van der Waals surface area (Å²) < 4.78 is 10.1. The lowest BCUT2D eigenvalue weighted by atomic mass is 10.1. The van der Waals surface area contributed by atoms with Gasteiger partial charge in [0.2, 0.25) is 11.7 Å². The third kappa shape index (κ3) is 6.20. The van der Waals surface area contributed by atoms with Crippen molar-refractivity contribution in [2.75, 3.05) is 18.5 Å². The number of esters is 1. The first-order valence-corrected chi connectivity index (χ1v) is 9.52. The van der Waals surface area contributed by atoms with E-state index in [-0.39, 0.29) is 24.8 Å². The van der Waals surface area contributed by atoms with Crippen molar-refractivity contribution < 1.29 is 23.9 Å². The maximum Gasteiger partial charge on any atom is 0.344 e. The van der Waals surface area contributed by atoms with E-state index in [1.165, 1.54) is 11.7 Å². The molecule has 1 aromatic heterocycles. The molecule has 3 rings (SSSR count). The summed E-state index contributed by atoms with van der Waals surface area (Å²) in [5, 5.41) is 14.8. The number of Topliss-reactive ketones (excluding diaryl/α,β-unsaturated/α-hetero) is 1. The van der Waals surface area contributed by atoms with Crippen LogP contribution in [0.4, 0.5) is 5.69 Å². The quantitative estimate of drug-likeness (QED) is 0.410. The number of hydrogen-bond acceptors (Lipinski definition) is 8. The van der Waals surface area contributed by atoms with E-state index in [2.05, 4.69) is 20.7 Å². The van der Waals surface area contributed by atoms with Crippen molar-refractivity contribution in [3.8, 4) is 17.1 Å². The molecule has 0 fully saturated rings. The number of ether oxygens (including phenoxy) is 2. The van der Waals surface area contributed by atoms with Crippen molar-refractivity contribution in [1.82, 2.24) is 20.2 Å². The number of rotatable bonds is 9. The van der Waals surface area contributed by atoms with E-state index >= 15 is 0 Å². The van der Waals surface area contributed by atoms with Crippen LogP contribution < -0.4 is 10.1 Å². The van der Waals surface area contributed by atoms with Crippen molar-refractivity contribution in [2.45, 2.75) is 20.4 Å². The van der Waals surface area contributed by atoms with E-state index < -0.39 is 5.97 Å². The minimum Gasteiger partial charge on any atom is -0.482 e. The lowest BCUT2D eigenvalue weighted by Crippen LogP contribution is -2.20. The van der Waals surface area contributed by atoms with Gasteiger partial charge in [-0.15, -0.1) is 10.2 Å². The van der Waals surface area contributed by atoms with Crippen LogP contribution in [0, 0.1) is 0 Å². The lowest BCUT2D eigenvalue weighted by molar-refractivity contribution is -0.145. The summed E-state index contributed by atoms with van der Waals surface area (Å²) in [6.45, 7) is 3.21. The highest BCUT2D eigenvalue weighted by Gasteiger charge is 2.11. The number of hydrogen-bond donors (Lipinski definition) is 1. The highest BCUT2D eigenvalue weighted by Crippen LogP contribution is 2.19. The minimum absolute atomic E-state index is 0.0455. The molecular weight excluding hydrogens is 402 g/mol. The molecule has 10 nitrogen and oxygen atoms in total. The first-order valence-electron chi connectivity index (χ1n) is 9.52. The Morgan fingerprint density at radius 1 is 1.03 bits per heavy atom. The second-order valence-electron chi connectivity index (χ2n) is 6.44. The molecule has 1 heterocycles. The third-order valence-corrected chi connectivity index (χ3v) is 4.09. The maximum atomic E-state index is 12.2.